The van der Waals surface area contributed by atoms with Crippen LogP contribution in [0.2, 0.25) is 0 Å². The molecule has 0 bridgehead atoms. The number of amides is 3. The van der Waals surface area contributed by atoms with Crippen molar-refractivity contribution in [3.05, 3.63) is 143 Å². The Morgan fingerprint density at radius 1 is 0.841 bits per heavy atom. The van der Waals surface area contributed by atoms with Crippen LogP contribution in [-0.4, -0.2) is 66.5 Å². The van der Waals surface area contributed by atoms with Crippen molar-refractivity contribution in [1.82, 2.24) is 18.3 Å². The second-order valence-corrected chi connectivity index (χ2v) is 16.1. The SMILES string of the molecule is Cc1cc2c(cc1OCCCC(=O)Nc1cc(C(=O)Cc3cc(C(=O)Nc4cc(C(=O)n5ccc6cc(N)ccc65)n(C)c4)n(C)c3)n(C)c1)N=C[C@@H]1Cc3ccccc3N1C2=O. The third kappa shape index (κ3) is 7.80. The largest absolute Gasteiger partial charge is 0.493 e. The lowest BCUT2D eigenvalue weighted by atomic mass is 10.1. The van der Waals surface area contributed by atoms with Gasteiger partial charge in [-0.2, -0.15) is 0 Å². The summed E-state index contributed by atoms with van der Waals surface area (Å²) in [5.41, 5.74) is 13.8. The number of nitrogen functional groups attached to an aromatic ring is 1. The van der Waals surface area contributed by atoms with Crippen molar-refractivity contribution in [1.29, 1.82) is 0 Å². The molecule has 1 atom stereocenters. The number of anilines is 4. The lowest BCUT2D eigenvalue weighted by molar-refractivity contribution is -0.116. The van der Waals surface area contributed by atoms with Crippen molar-refractivity contribution in [2.45, 2.75) is 38.6 Å². The number of hydrogen-bond donors (Lipinski definition) is 3. The topological polar surface area (TPSA) is 180 Å². The van der Waals surface area contributed by atoms with Crippen LogP contribution in [0.15, 0.2) is 109 Å². The van der Waals surface area contributed by atoms with E-state index in [1.54, 1.807) is 107 Å². The first-order valence-corrected chi connectivity index (χ1v) is 20.6. The molecule has 3 amide bonds. The third-order valence-corrected chi connectivity index (χ3v) is 11.6. The number of benzene rings is 3. The predicted octanol–water partition coefficient (Wildman–Crippen LogP) is 7.00. The van der Waals surface area contributed by atoms with Gasteiger partial charge in [0.2, 0.25) is 5.91 Å². The zero-order valence-corrected chi connectivity index (χ0v) is 35.2. The monoisotopic (exact) mass is 843 g/mol. The van der Waals surface area contributed by atoms with Crippen LogP contribution in [0.5, 0.6) is 5.75 Å². The van der Waals surface area contributed by atoms with Gasteiger partial charge in [-0.25, -0.2) is 0 Å². The molecule has 63 heavy (non-hydrogen) atoms. The van der Waals surface area contributed by atoms with Crippen LogP contribution in [0.3, 0.4) is 0 Å². The van der Waals surface area contributed by atoms with Gasteiger partial charge in [0.15, 0.2) is 5.78 Å². The number of aryl methyl sites for hydroxylation is 4. The van der Waals surface area contributed by atoms with E-state index in [0.29, 0.717) is 63.1 Å². The number of aliphatic imine (C=N–C) groups is 1. The van der Waals surface area contributed by atoms with Gasteiger partial charge in [0.1, 0.15) is 17.1 Å². The van der Waals surface area contributed by atoms with Crippen molar-refractivity contribution >= 4 is 75.0 Å². The molecule has 4 aromatic heterocycles. The average molecular weight is 844 g/mol. The molecule has 3 aromatic carbocycles. The number of nitrogens with two attached hydrogens (primary N) is 1. The molecule has 4 N–H and O–H groups in total. The number of fused-ring (bicyclic) bond motifs is 5. The maximum atomic E-state index is 13.7. The van der Waals surface area contributed by atoms with E-state index < -0.39 is 5.91 Å². The van der Waals surface area contributed by atoms with Gasteiger partial charge in [-0.05, 0) is 84.6 Å². The molecule has 2 aliphatic rings. The molecule has 0 fully saturated rings. The van der Waals surface area contributed by atoms with Crippen molar-refractivity contribution in [3.63, 3.8) is 0 Å². The molecule has 318 valence electrons. The molecule has 9 rings (SSSR count). The summed E-state index contributed by atoms with van der Waals surface area (Å²) in [4.78, 5) is 73.4. The molecule has 0 radical (unpaired) electrons. The Bertz CT molecular complexity index is 3050. The van der Waals surface area contributed by atoms with Gasteiger partial charge in [0.05, 0.1) is 46.5 Å². The number of Topliss-reactive ketones (excluding diaryl/α,β-unsaturated/α-hetero) is 1. The number of rotatable bonds is 12. The molecule has 0 saturated carbocycles. The number of para-hydroxylation sites is 1. The Morgan fingerprint density at radius 2 is 1.59 bits per heavy atom. The van der Waals surface area contributed by atoms with Gasteiger partial charge >= 0.3 is 0 Å². The van der Waals surface area contributed by atoms with Crippen molar-refractivity contribution in [2.24, 2.45) is 26.1 Å². The minimum Gasteiger partial charge on any atom is -0.493 e. The summed E-state index contributed by atoms with van der Waals surface area (Å²) in [6.07, 6.45) is 9.97. The molecule has 0 aliphatic carbocycles. The summed E-state index contributed by atoms with van der Waals surface area (Å²) in [5.74, 6) is -0.565. The molecule has 2 aliphatic heterocycles. The van der Waals surface area contributed by atoms with E-state index in [1.165, 1.54) is 0 Å². The maximum Gasteiger partial charge on any atom is 0.279 e. The van der Waals surface area contributed by atoms with Crippen LogP contribution >= 0.6 is 0 Å². The van der Waals surface area contributed by atoms with E-state index >= 15 is 0 Å². The summed E-state index contributed by atoms with van der Waals surface area (Å²) in [6.45, 7) is 2.16. The molecule has 0 spiro atoms. The summed E-state index contributed by atoms with van der Waals surface area (Å²) in [5, 5.41) is 6.59. The van der Waals surface area contributed by atoms with E-state index in [9.17, 15) is 24.0 Å². The normalized spacial score (nSPS) is 14.0. The highest BCUT2D eigenvalue weighted by Crippen LogP contribution is 2.38. The minimum absolute atomic E-state index is 0.0263. The van der Waals surface area contributed by atoms with E-state index in [2.05, 4.69) is 15.6 Å². The zero-order valence-electron chi connectivity index (χ0n) is 35.2. The summed E-state index contributed by atoms with van der Waals surface area (Å²) < 4.78 is 12.6. The molecular weight excluding hydrogens is 799 g/mol. The van der Waals surface area contributed by atoms with E-state index in [1.807, 2.05) is 54.4 Å². The fraction of sp³-hybridized carbons (Fsp3) is 0.208. The number of nitrogens with zero attached hydrogens (tertiary/aromatic N) is 6. The average Bonchev–Trinajstić information content (AvgIpc) is 4.07. The molecular formula is C48H45N9O6. The van der Waals surface area contributed by atoms with Crippen LogP contribution in [0, 0.1) is 6.92 Å². The van der Waals surface area contributed by atoms with E-state index in [-0.39, 0.29) is 49.0 Å². The summed E-state index contributed by atoms with van der Waals surface area (Å²) in [7, 11) is 5.19. The number of hydrogen-bond acceptors (Lipinski definition) is 8. The Kier molecular flexibility index (Phi) is 10.4. The number of ketones is 1. The molecule has 15 heteroatoms. The quantitative estimate of drug-likeness (QED) is 0.0673. The van der Waals surface area contributed by atoms with Crippen LogP contribution in [0.1, 0.15) is 71.4 Å². The Hall–Kier alpha value is -7.94. The lowest BCUT2D eigenvalue weighted by Gasteiger charge is -2.21. The van der Waals surface area contributed by atoms with Crippen molar-refractivity contribution in [3.8, 4) is 5.75 Å². The zero-order chi connectivity index (χ0) is 44.1. The molecule has 6 heterocycles. The van der Waals surface area contributed by atoms with Crippen LogP contribution in [-0.2, 0) is 38.8 Å². The van der Waals surface area contributed by atoms with Crippen molar-refractivity contribution < 1.29 is 28.7 Å². The molecule has 0 unspecified atom stereocenters. The fourth-order valence-electron chi connectivity index (χ4n) is 8.48. The Balaban J connectivity index is 0.767. The molecule has 7 aromatic rings. The lowest BCUT2D eigenvalue weighted by Crippen LogP contribution is -2.37. The van der Waals surface area contributed by atoms with E-state index in [4.69, 9.17) is 10.5 Å². The maximum absolute atomic E-state index is 13.7. The number of carbonyl (C=O) groups excluding carboxylic acids is 5. The van der Waals surface area contributed by atoms with Crippen LogP contribution in [0.4, 0.5) is 28.4 Å². The molecule has 0 saturated heterocycles. The summed E-state index contributed by atoms with van der Waals surface area (Å²) >= 11 is 0. The van der Waals surface area contributed by atoms with Gasteiger partial charge in [-0.3, -0.25) is 38.4 Å². The number of carbonyl (C=O) groups is 5. The molecule has 15 nitrogen and oxygen atoms in total. The third-order valence-electron chi connectivity index (χ3n) is 11.6. The second-order valence-electron chi connectivity index (χ2n) is 16.1. The van der Waals surface area contributed by atoms with Crippen LogP contribution in [0.25, 0.3) is 10.9 Å². The highest BCUT2D eigenvalue weighted by molar-refractivity contribution is 6.14. The van der Waals surface area contributed by atoms with Gasteiger partial charge in [-0.1, -0.05) is 18.2 Å². The van der Waals surface area contributed by atoms with Gasteiger partial charge in [0, 0.05) is 94.2 Å². The number of aromatic nitrogens is 4. The van der Waals surface area contributed by atoms with Crippen molar-refractivity contribution in [2.75, 3.05) is 27.9 Å². The summed E-state index contributed by atoms with van der Waals surface area (Å²) in [6, 6.07) is 23.5. The van der Waals surface area contributed by atoms with Gasteiger partial charge in [0.25, 0.3) is 17.7 Å². The van der Waals surface area contributed by atoms with E-state index in [0.717, 1.165) is 34.1 Å². The van der Waals surface area contributed by atoms with Gasteiger partial charge in [-0.15, -0.1) is 0 Å². The minimum atomic E-state index is -0.400. The number of ether oxygens (including phenoxy) is 1. The Labute approximate surface area is 362 Å². The first kappa shape index (κ1) is 40.5. The van der Waals surface area contributed by atoms with Crippen LogP contribution < -0.4 is 26.0 Å². The number of nitrogens with one attached hydrogen (secondary N) is 2. The predicted molar refractivity (Wildman–Crippen MR) is 242 cm³/mol. The fourth-order valence-corrected chi connectivity index (χ4v) is 8.48. The first-order valence-electron chi connectivity index (χ1n) is 20.6. The highest BCUT2D eigenvalue weighted by atomic mass is 16.5. The Morgan fingerprint density at radius 3 is 2.41 bits per heavy atom. The highest BCUT2D eigenvalue weighted by Gasteiger charge is 2.36. The second kappa shape index (κ2) is 16.2. The van der Waals surface area contributed by atoms with Gasteiger partial charge < -0.3 is 34.8 Å². The smallest absolute Gasteiger partial charge is 0.279 e. The first-order chi connectivity index (χ1) is 30.3. The standard InChI is InChI=1S/C48H45N9O6/c1-28-16-36-37(50-24-35-20-30-8-5-6-9-39(30)57(35)47(36)61)23-44(28)63-15-7-10-45(59)51-33-21-40(54(3)26-33)43(58)18-29-17-41(53(2)25-29)46(60)52-34-22-42(55(4)27-34)48(62)56-14-13-31-19-32(49)11-12-38(31)56/h5-6,8-9,11-14,16-17,19,21-27,35H,7,10,15,18,20,49H2,1-4H3,(H,51,59)(H,52,60)/t35-/m0/s1.